The molecular weight excluding hydrogens is 367 g/mol. The Kier molecular flexibility index (Phi) is 7.90. The fraction of sp³-hybridized carbons (Fsp3) is 0.471. The second-order valence-corrected chi connectivity index (χ2v) is 5.80. The lowest BCUT2D eigenvalue weighted by Gasteiger charge is -2.21. The number of alkyl halides is 3. The molecule has 7 nitrogen and oxygen atoms in total. The van der Waals surface area contributed by atoms with E-state index in [1.54, 1.807) is 26.8 Å². The molecule has 0 heterocycles. The number of ether oxygens (including phenoxy) is 2. The maximum Gasteiger partial charge on any atom is 0.422 e. The lowest BCUT2D eigenvalue weighted by molar-refractivity contribution is -0.153. The molecule has 0 saturated carbocycles. The average Bonchev–Trinajstić information content (AvgIpc) is 2.57. The van der Waals surface area contributed by atoms with Gasteiger partial charge in [0.25, 0.3) is 0 Å². The van der Waals surface area contributed by atoms with Crippen molar-refractivity contribution in [2.45, 2.75) is 33.0 Å². The lowest BCUT2D eigenvalue weighted by Crippen LogP contribution is -2.47. The standard InChI is InChI=1S/C17H20F3N3O4/c1-4-26-16(25)23-14(10(2)3)15(24)22-12-5-6-13(11(7-12)8-21)27-9-17(18,19)20/h5-7,10,14H,4,9H2,1-3H3,(H,22,24)(H,23,25). The average molecular weight is 387 g/mol. The van der Waals surface area contributed by atoms with Crippen molar-refractivity contribution >= 4 is 17.7 Å². The first-order valence-corrected chi connectivity index (χ1v) is 8.05. The number of nitrogens with zero attached hydrogens (tertiary/aromatic N) is 1. The molecule has 0 aliphatic carbocycles. The third-order valence-electron chi connectivity index (χ3n) is 3.26. The molecule has 0 aromatic heterocycles. The van der Waals surface area contributed by atoms with E-state index in [1.165, 1.54) is 12.1 Å². The molecule has 2 N–H and O–H groups in total. The van der Waals surface area contributed by atoms with Crippen LogP contribution in [0.15, 0.2) is 18.2 Å². The number of halogens is 3. The highest BCUT2D eigenvalue weighted by molar-refractivity contribution is 5.97. The normalized spacial score (nSPS) is 12.1. The predicted octanol–water partition coefficient (Wildman–Crippen LogP) is 3.21. The van der Waals surface area contributed by atoms with Crippen LogP contribution in [0.3, 0.4) is 0 Å². The molecule has 0 spiro atoms. The van der Waals surface area contributed by atoms with Gasteiger partial charge < -0.3 is 20.1 Å². The third kappa shape index (κ3) is 7.43. The number of hydrogen-bond donors (Lipinski definition) is 2. The Bertz CT molecular complexity index is 714. The minimum absolute atomic E-state index is 0.142. The van der Waals surface area contributed by atoms with Crippen molar-refractivity contribution in [3.8, 4) is 11.8 Å². The topological polar surface area (TPSA) is 100 Å². The van der Waals surface area contributed by atoms with Crippen molar-refractivity contribution in [2.75, 3.05) is 18.5 Å². The van der Waals surface area contributed by atoms with Gasteiger partial charge in [0.2, 0.25) is 5.91 Å². The van der Waals surface area contributed by atoms with E-state index in [0.29, 0.717) is 0 Å². The molecule has 27 heavy (non-hydrogen) atoms. The van der Waals surface area contributed by atoms with E-state index in [-0.39, 0.29) is 29.5 Å². The maximum absolute atomic E-state index is 12.4. The second kappa shape index (κ2) is 9.66. The first kappa shape index (κ1) is 22.1. The number of nitriles is 1. The SMILES string of the molecule is CCOC(=O)NC(C(=O)Nc1ccc(OCC(F)(F)F)c(C#N)c1)C(C)C. The number of benzene rings is 1. The van der Waals surface area contributed by atoms with Gasteiger partial charge in [-0.2, -0.15) is 18.4 Å². The van der Waals surface area contributed by atoms with Crippen molar-refractivity contribution in [2.24, 2.45) is 5.92 Å². The number of hydrogen-bond acceptors (Lipinski definition) is 5. The summed E-state index contributed by atoms with van der Waals surface area (Å²) in [6.07, 6.45) is -5.29. The summed E-state index contributed by atoms with van der Waals surface area (Å²) in [5.41, 5.74) is 0.00344. The Morgan fingerprint density at radius 1 is 1.30 bits per heavy atom. The van der Waals surface area contributed by atoms with Crippen LogP contribution in [0.4, 0.5) is 23.7 Å². The van der Waals surface area contributed by atoms with Crippen LogP contribution in [0.5, 0.6) is 5.75 Å². The van der Waals surface area contributed by atoms with Crippen LogP contribution in [0.2, 0.25) is 0 Å². The summed E-state index contributed by atoms with van der Waals surface area (Å²) in [5, 5.41) is 14.0. The van der Waals surface area contributed by atoms with Gasteiger partial charge in [0.05, 0.1) is 12.2 Å². The number of amides is 2. The molecule has 0 fully saturated rings. The molecule has 1 unspecified atom stereocenters. The first-order valence-electron chi connectivity index (χ1n) is 8.05. The minimum Gasteiger partial charge on any atom is -0.483 e. The Morgan fingerprint density at radius 2 is 1.96 bits per heavy atom. The zero-order valence-corrected chi connectivity index (χ0v) is 15.0. The van der Waals surface area contributed by atoms with Gasteiger partial charge in [0.1, 0.15) is 17.9 Å². The van der Waals surface area contributed by atoms with E-state index in [0.717, 1.165) is 6.07 Å². The summed E-state index contributed by atoms with van der Waals surface area (Å²) in [6.45, 7) is 3.65. The van der Waals surface area contributed by atoms with Crippen LogP contribution in [-0.2, 0) is 9.53 Å². The van der Waals surface area contributed by atoms with Gasteiger partial charge in [-0.1, -0.05) is 13.8 Å². The summed E-state index contributed by atoms with van der Waals surface area (Å²) in [5.74, 6) is -1.08. The van der Waals surface area contributed by atoms with Crippen molar-refractivity contribution < 1.29 is 32.2 Å². The molecule has 1 aromatic rings. The quantitative estimate of drug-likeness (QED) is 0.748. The Morgan fingerprint density at radius 3 is 2.48 bits per heavy atom. The third-order valence-corrected chi connectivity index (χ3v) is 3.26. The summed E-state index contributed by atoms with van der Waals surface area (Å²) in [4.78, 5) is 23.9. The number of alkyl carbamates (subject to hydrolysis) is 1. The van der Waals surface area contributed by atoms with Crippen molar-refractivity contribution in [3.05, 3.63) is 23.8 Å². The van der Waals surface area contributed by atoms with E-state index in [9.17, 15) is 22.8 Å². The molecular formula is C17H20F3N3O4. The second-order valence-electron chi connectivity index (χ2n) is 5.80. The summed E-state index contributed by atoms with van der Waals surface area (Å²) in [6, 6.07) is 4.45. The van der Waals surface area contributed by atoms with Gasteiger partial charge in [-0.3, -0.25) is 4.79 Å². The van der Waals surface area contributed by atoms with Gasteiger partial charge in [0, 0.05) is 5.69 Å². The van der Waals surface area contributed by atoms with E-state index >= 15 is 0 Å². The molecule has 1 atom stereocenters. The van der Waals surface area contributed by atoms with Crippen LogP contribution >= 0.6 is 0 Å². The molecule has 0 saturated heterocycles. The largest absolute Gasteiger partial charge is 0.483 e. The smallest absolute Gasteiger partial charge is 0.422 e. The Balaban J connectivity index is 2.88. The van der Waals surface area contributed by atoms with Crippen molar-refractivity contribution in [1.82, 2.24) is 5.32 Å². The van der Waals surface area contributed by atoms with E-state index in [1.807, 2.05) is 0 Å². The van der Waals surface area contributed by atoms with Crippen LogP contribution in [-0.4, -0.2) is 37.4 Å². The van der Waals surface area contributed by atoms with Crippen LogP contribution < -0.4 is 15.4 Å². The molecule has 0 aliphatic rings. The minimum atomic E-state index is -4.54. The van der Waals surface area contributed by atoms with Gasteiger partial charge in [0.15, 0.2) is 6.61 Å². The Labute approximate surface area is 154 Å². The van der Waals surface area contributed by atoms with Gasteiger partial charge >= 0.3 is 12.3 Å². The van der Waals surface area contributed by atoms with E-state index in [2.05, 4.69) is 15.4 Å². The highest BCUT2D eigenvalue weighted by Gasteiger charge is 2.29. The maximum atomic E-state index is 12.4. The van der Waals surface area contributed by atoms with Crippen LogP contribution in [0.25, 0.3) is 0 Å². The van der Waals surface area contributed by atoms with E-state index < -0.39 is 30.8 Å². The Hall–Kier alpha value is -2.96. The van der Waals surface area contributed by atoms with Crippen LogP contribution in [0.1, 0.15) is 26.3 Å². The fourth-order valence-corrected chi connectivity index (χ4v) is 2.04. The molecule has 1 rings (SSSR count). The molecule has 0 radical (unpaired) electrons. The van der Waals surface area contributed by atoms with Gasteiger partial charge in [-0.05, 0) is 31.0 Å². The van der Waals surface area contributed by atoms with Crippen molar-refractivity contribution in [1.29, 1.82) is 5.26 Å². The molecule has 2 amide bonds. The highest BCUT2D eigenvalue weighted by atomic mass is 19.4. The highest BCUT2D eigenvalue weighted by Crippen LogP contribution is 2.25. The fourth-order valence-electron chi connectivity index (χ4n) is 2.04. The van der Waals surface area contributed by atoms with Crippen molar-refractivity contribution in [3.63, 3.8) is 0 Å². The molecule has 148 valence electrons. The number of anilines is 1. The van der Waals surface area contributed by atoms with Gasteiger partial charge in [-0.25, -0.2) is 4.79 Å². The first-order chi connectivity index (χ1) is 12.6. The lowest BCUT2D eigenvalue weighted by atomic mass is 10.0. The van der Waals surface area contributed by atoms with Gasteiger partial charge in [-0.15, -0.1) is 0 Å². The number of carbonyl (C=O) groups is 2. The molecule has 0 bridgehead atoms. The number of carbonyl (C=O) groups excluding carboxylic acids is 2. The number of nitrogens with one attached hydrogen (secondary N) is 2. The van der Waals surface area contributed by atoms with E-state index in [4.69, 9.17) is 10.00 Å². The molecule has 1 aromatic carbocycles. The molecule has 10 heteroatoms. The predicted molar refractivity (Wildman–Crippen MR) is 90.1 cm³/mol. The van der Waals surface area contributed by atoms with Crippen LogP contribution in [0, 0.1) is 17.2 Å². The summed E-state index contributed by atoms with van der Waals surface area (Å²) >= 11 is 0. The zero-order chi connectivity index (χ0) is 20.6. The summed E-state index contributed by atoms with van der Waals surface area (Å²) in [7, 11) is 0. The molecule has 0 aliphatic heterocycles. The zero-order valence-electron chi connectivity index (χ0n) is 15.0. The summed E-state index contributed by atoms with van der Waals surface area (Å²) < 4.78 is 46.1. The number of rotatable bonds is 7. The monoisotopic (exact) mass is 387 g/mol.